The van der Waals surface area contributed by atoms with E-state index < -0.39 is 0 Å². The number of nitrogens with one attached hydrogen (secondary N) is 1. The first-order chi connectivity index (χ1) is 8.25. The number of para-hydroxylation sites is 1. The molecule has 0 saturated heterocycles. The molecule has 17 heavy (non-hydrogen) atoms. The van der Waals surface area contributed by atoms with Crippen molar-refractivity contribution in [3.63, 3.8) is 0 Å². The lowest BCUT2D eigenvalue weighted by molar-refractivity contribution is 0.553. The van der Waals surface area contributed by atoms with Gasteiger partial charge in [0.1, 0.15) is 5.58 Å². The lowest BCUT2D eigenvalue weighted by atomic mass is 10.1. The van der Waals surface area contributed by atoms with Crippen molar-refractivity contribution in [2.24, 2.45) is 5.92 Å². The molecule has 0 aliphatic heterocycles. The largest absolute Gasteiger partial charge is 0.464 e. The predicted octanol–water partition coefficient (Wildman–Crippen LogP) is 3.53. The van der Waals surface area contributed by atoms with Gasteiger partial charge in [-0.05, 0) is 30.9 Å². The van der Waals surface area contributed by atoms with E-state index in [9.17, 15) is 0 Å². The molecule has 0 radical (unpaired) electrons. The second kappa shape index (κ2) is 4.19. The predicted molar refractivity (Wildman–Crippen MR) is 70.2 cm³/mol. The Bertz CT molecular complexity index is 514. The lowest BCUT2D eigenvalue weighted by Gasteiger charge is -2.06. The van der Waals surface area contributed by atoms with E-state index in [1.807, 2.05) is 18.4 Å². The average molecular weight is 229 g/mol. The second-order valence-electron chi connectivity index (χ2n) is 5.35. The van der Waals surface area contributed by atoms with Gasteiger partial charge in [-0.25, -0.2) is 0 Å². The molecule has 1 N–H and O–H groups in total. The molecule has 0 amide bonds. The summed E-state index contributed by atoms with van der Waals surface area (Å²) in [5, 5.41) is 4.81. The van der Waals surface area contributed by atoms with Crippen molar-refractivity contribution in [2.45, 2.75) is 32.2 Å². The fourth-order valence-electron chi connectivity index (χ4n) is 2.53. The molecule has 2 heteroatoms. The average Bonchev–Trinajstić information content (AvgIpc) is 2.97. The molecule has 3 rings (SSSR count). The Kier molecular flexibility index (Phi) is 2.67. The molecule has 1 aromatic heterocycles. The summed E-state index contributed by atoms with van der Waals surface area (Å²) in [6, 6.07) is 8.91. The molecule has 0 spiro atoms. The molecule has 1 heterocycles. The molecule has 2 nitrogen and oxygen atoms in total. The van der Waals surface area contributed by atoms with Crippen LogP contribution in [0, 0.1) is 5.92 Å². The van der Waals surface area contributed by atoms with Gasteiger partial charge in [0.25, 0.3) is 0 Å². The van der Waals surface area contributed by atoms with E-state index in [1.54, 1.807) is 0 Å². The maximum absolute atomic E-state index is 5.60. The van der Waals surface area contributed by atoms with E-state index in [0.717, 1.165) is 18.0 Å². The third-order valence-corrected chi connectivity index (χ3v) is 3.62. The summed E-state index contributed by atoms with van der Waals surface area (Å²) in [5.74, 6) is 1.49. The number of benzene rings is 1. The van der Waals surface area contributed by atoms with Crippen molar-refractivity contribution >= 4 is 11.0 Å². The lowest BCUT2D eigenvalue weighted by Crippen LogP contribution is -2.25. The van der Waals surface area contributed by atoms with Gasteiger partial charge in [0.05, 0.1) is 6.26 Å². The first-order valence-corrected chi connectivity index (χ1v) is 6.45. The molecule has 0 bridgehead atoms. The van der Waals surface area contributed by atoms with Crippen molar-refractivity contribution < 1.29 is 4.42 Å². The van der Waals surface area contributed by atoms with Crippen molar-refractivity contribution in [3.05, 3.63) is 36.1 Å². The van der Waals surface area contributed by atoms with Crippen LogP contribution in [0.15, 0.2) is 34.9 Å². The fourth-order valence-corrected chi connectivity index (χ4v) is 2.53. The summed E-state index contributed by atoms with van der Waals surface area (Å²) < 4.78 is 5.60. The molecule has 1 saturated carbocycles. The Morgan fingerprint density at radius 1 is 1.35 bits per heavy atom. The Balaban J connectivity index is 1.74. The van der Waals surface area contributed by atoms with Crippen molar-refractivity contribution in [1.29, 1.82) is 0 Å². The summed E-state index contributed by atoms with van der Waals surface area (Å²) in [4.78, 5) is 0. The van der Waals surface area contributed by atoms with E-state index >= 15 is 0 Å². The molecule has 2 aromatic rings. The van der Waals surface area contributed by atoms with Gasteiger partial charge in [0.15, 0.2) is 0 Å². The van der Waals surface area contributed by atoms with Crippen LogP contribution < -0.4 is 5.32 Å². The van der Waals surface area contributed by atoms with Gasteiger partial charge >= 0.3 is 0 Å². The van der Waals surface area contributed by atoms with E-state index in [0.29, 0.717) is 12.0 Å². The summed E-state index contributed by atoms with van der Waals surface area (Å²) in [7, 11) is 0. The second-order valence-corrected chi connectivity index (χ2v) is 5.35. The molecule has 2 unspecified atom stereocenters. The van der Waals surface area contributed by atoms with E-state index in [-0.39, 0.29) is 0 Å². The monoisotopic (exact) mass is 229 g/mol. The highest BCUT2D eigenvalue weighted by Gasteiger charge is 2.39. The zero-order chi connectivity index (χ0) is 11.8. The third-order valence-electron chi connectivity index (χ3n) is 3.62. The van der Waals surface area contributed by atoms with Gasteiger partial charge in [-0.2, -0.15) is 0 Å². The van der Waals surface area contributed by atoms with Crippen LogP contribution in [0.4, 0.5) is 0 Å². The molecule has 1 aliphatic rings. The normalized spacial score (nSPS) is 23.5. The first kappa shape index (κ1) is 10.8. The molecular weight excluding hydrogens is 210 g/mol. The van der Waals surface area contributed by atoms with Gasteiger partial charge in [0, 0.05) is 17.0 Å². The topological polar surface area (TPSA) is 25.2 Å². The van der Waals surface area contributed by atoms with Crippen LogP contribution in [0.5, 0.6) is 0 Å². The van der Waals surface area contributed by atoms with Crippen molar-refractivity contribution in [2.75, 3.05) is 6.54 Å². The summed E-state index contributed by atoms with van der Waals surface area (Å²) in [6.07, 6.45) is 3.24. The molecular formula is C15H19NO. The van der Waals surface area contributed by atoms with Gasteiger partial charge < -0.3 is 9.73 Å². The number of hydrogen-bond acceptors (Lipinski definition) is 2. The van der Waals surface area contributed by atoms with E-state index in [2.05, 4.69) is 31.3 Å². The SMILES string of the molecule is CC(C)NCC1CC1c1coc2ccccc12. The van der Waals surface area contributed by atoms with Crippen LogP contribution in [-0.2, 0) is 0 Å². The van der Waals surface area contributed by atoms with Gasteiger partial charge in [-0.3, -0.25) is 0 Å². The minimum absolute atomic E-state index is 0.581. The maximum atomic E-state index is 5.60. The van der Waals surface area contributed by atoms with Crippen LogP contribution in [-0.4, -0.2) is 12.6 Å². The number of furan rings is 1. The number of fused-ring (bicyclic) bond motifs is 1. The standard InChI is InChI=1S/C15H19NO/c1-10(2)16-8-11-7-13(11)14-9-17-15-6-4-3-5-12(14)15/h3-6,9-11,13,16H,7-8H2,1-2H3. The maximum Gasteiger partial charge on any atom is 0.134 e. The first-order valence-electron chi connectivity index (χ1n) is 6.45. The van der Waals surface area contributed by atoms with Gasteiger partial charge in [-0.1, -0.05) is 32.0 Å². The molecule has 1 aromatic carbocycles. The Hall–Kier alpha value is -1.28. The van der Waals surface area contributed by atoms with E-state index in [4.69, 9.17) is 4.42 Å². The van der Waals surface area contributed by atoms with Crippen LogP contribution in [0.2, 0.25) is 0 Å². The molecule has 1 fully saturated rings. The van der Waals surface area contributed by atoms with Crippen LogP contribution in [0.1, 0.15) is 31.7 Å². The number of rotatable bonds is 4. The third kappa shape index (κ3) is 2.09. The Morgan fingerprint density at radius 3 is 3.00 bits per heavy atom. The Morgan fingerprint density at radius 2 is 2.18 bits per heavy atom. The Labute approximate surface area is 102 Å². The molecule has 2 atom stereocenters. The highest BCUT2D eigenvalue weighted by molar-refractivity contribution is 5.81. The smallest absolute Gasteiger partial charge is 0.134 e. The highest BCUT2D eigenvalue weighted by atomic mass is 16.3. The summed E-state index contributed by atoms with van der Waals surface area (Å²) in [6.45, 7) is 5.52. The molecule has 1 aliphatic carbocycles. The van der Waals surface area contributed by atoms with Gasteiger partial charge in [0.2, 0.25) is 0 Å². The van der Waals surface area contributed by atoms with Crippen LogP contribution >= 0.6 is 0 Å². The highest BCUT2D eigenvalue weighted by Crippen LogP contribution is 2.49. The quantitative estimate of drug-likeness (QED) is 0.867. The minimum atomic E-state index is 0.581. The van der Waals surface area contributed by atoms with Crippen LogP contribution in [0.3, 0.4) is 0 Å². The zero-order valence-electron chi connectivity index (χ0n) is 10.4. The van der Waals surface area contributed by atoms with Crippen molar-refractivity contribution in [1.82, 2.24) is 5.32 Å². The number of hydrogen-bond donors (Lipinski definition) is 1. The minimum Gasteiger partial charge on any atom is -0.464 e. The fraction of sp³-hybridized carbons (Fsp3) is 0.467. The zero-order valence-corrected chi connectivity index (χ0v) is 10.4. The summed E-state index contributed by atoms with van der Waals surface area (Å²) in [5.41, 5.74) is 2.42. The van der Waals surface area contributed by atoms with Gasteiger partial charge in [-0.15, -0.1) is 0 Å². The van der Waals surface area contributed by atoms with E-state index in [1.165, 1.54) is 17.4 Å². The van der Waals surface area contributed by atoms with Crippen molar-refractivity contribution in [3.8, 4) is 0 Å². The summed E-state index contributed by atoms with van der Waals surface area (Å²) >= 11 is 0. The molecule has 90 valence electrons. The van der Waals surface area contributed by atoms with Crippen LogP contribution in [0.25, 0.3) is 11.0 Å².